The third-order valence-electron chi connectivity index (χ3n) is 3.32. The van der Waals surface area contributed by atoms with Crippen LogP contribution < -0.4 is 11.1 Å². The van der Waals surface area contributed by atoms with Crippen LogP contribution in [0.3, 0.4) is 0 Å². The van der Waals surface area contributed by atoms with Crippen LogP contribution in [-0.2, 0) is 4.79 Å². The Morgan fingerprint density at radius 2 is 2.00 bits per heavy atom. The molecule has 1 rings (SSSR count). The molecule has 0 aliphatic heterocycles. The second kappa shape index (κ2) is 7.06. The molecule has 1 amide bonds. The normalized spacial score (nSPS) is 14.5. The minimum Gasteiger partial charge on any atom is -0.349 e. The summed E-state index contributed by atoms with van der Waals surface area (Å²) in [4.78, 5) is 14.8. The Morgan fingerprint density at radius 3 is 2.42 bits per heavy atom. The van der Waals surface area contributed by atoms with Gasteiger partial charge in [0, 0.05) is 16.3 Å². The fourth-order valence-corrected chi connectivity index (χ4v) is 3.39. The Kier molecular flexibility index (Phi) is 6.01. The number of carbonyl (C=O) groups excluding carboxylic acids is 1. The zero-order chi connectivity index (χ0) is 14.6. The quantitative estimate of drug-likeness (QED) is 0.842. The standard InChI is InChI=1S/C15H26N2OS/c1-9(2)6-13(8-16)15(18)17-11(4)14-7-10(3)19-12(14)5/h7,9,11,13H,6,8,16H2,1-5H3,(H,17,18). The summed E-state index contributed by atoms with van der Waals surface area (Å²) < 4.78 is 0. The van der Waals surface area contributed by atoms with E-state index in [0.717, 1.165) is 6.42 Å². The van der Waals surface area contributed by atoms with Crippen molar-refractivity contribution in [3.05, 3.63) is 21.4 Å². The van der Waals surface area contributed by atoms with Gasteiger partial charge in [0.2, 0.25) is 5.91 Å². The largest absolute Gasteiger partial charge is 0.349 e. The van der Waals surface area contributed by atoms with Crippen LogP contribution in [0.15, 0.2) is 6.07 Å². The van der Waals surface area contributed by atoms with Gasteiger partial charge in [-0.25, -0.2) is 0 Å². The van der Waals surface area contributed by atoms with E-state index in [1.165, 1.54) is 15.3 Å². The highest BCUT2D eigenvalue weighted by Crippen LogP contribution is 2.26. The molecule has 0 saturated carbocycles. The van der Waals surface area contributed by atoms with Gasteiger partial charge in [0.15, 0.2) is 0 Å². The van der Waals surface area contributed by atoms with E-state index in [4.69, 9.17) is 5.73 Å². The smallest absolute Gasteiger partial charge is 0.224 e. The molecule has 2 unspecified atom stereocenters. The lowest BCUT2D eigenvalue weighted by Crippen LogP contribution is -2.37. The van der Waals surface area contributed by atoms with Crippen molar-refractivity contribution < 1.29 is 4.79 Å². The van der Waals surface area contributed by atoms with Gasteiger partial charge in [0.05, 0.1) is 12.0 Å². The Bertz CT molecular complexity index is 426. The third-order valence-corrected chi connectivity index (χ3v) is 4.30. The van der Waals surface area contributed by atoms with Gasteiger partial charge in [-0.2, -0.15) is 0 Å². The van der Waals surface area contributed by atoms with Gasteiger partial charge >= 0.3 is 0 Å². The van der Waals surface area contributed by atoms with Crippen LogP contribution in [0.5, 0.6) is 0 Å². The van der Waals surface area contributed by atoms with Gasteiger partial charge in [-0.3, -0.25) is 4.79 Å². The lowest BCUT2D eigenvalue weighted by atomic mass is 9.96. The van der Waals surface area contributed by atoms with Crippen molar-refractivity contribution in [3.63, 3.8) is 0 Å². The van der Waals surface area contributed by atoms with Gasteiger partial charge in [0.1, 0.15) is 0 Å². The van der Waals surface area contributed by atoms with Gasteiger partial charge in [-0.15, -0.1) is 11.3 Å². The van der Waals surface area contributed by atoms with Gasteiger partial charge in [0.25, 0.3) is 0 Å². The number of carbonyl (C=O) groups is 1. The van der Waals surface area contributed by atoms with Crippen molar-refractivity contribution in [2.75, 3.05) is 6.54 Å². The fraction of sp³-hybridized carbons (Fsp3) is 0.667. The van der Waals surface area contributed by atoms with Crippen molar-refractivity contribution in [2.24, 2.45) is 17.6 Å². The third kappa shape index (κ3) is 4.62. The average Bonchev–Trinajstić information content (AvgIpc) is 2.64. The molecule has 1 aromatic rings. The molecular formula is C15H26N2OS. The molecule has 0 aromatic carbocycles. The molecule has 0 fully saturated rings. The van der Waals surface area contributed by atoms with Crippen LogP contribution in [0.25, 0.3) is 0 Å². The number of amides is 1. The van der Waals surface area contributed by atoms with Crippen LogP contribution >= 0.6 is 11.3 Å². The van der Waals surface area contributed by atoms with E-state index < -0.39 is 0 Å². The van der Waals surface area contributed by atoms with Gasteiger partial charge < -0.3 is 11.1 Å². The SMILES string of the molecule is Cc1cc(C(C)NC(=O)C(CN)CC(C)C)c(C)s1. The van der Waals surface area contributed by atoms with Crippen LogP contribution in [-0.4, -0.2) is 12.5 Å². The van der Waals surface area contributed by atoms with Crippen molar-refractivity contribution in [1.29, 1.82) is 0 Å². The van der Waals surface area contributed by atoms with E-state index >= 15 is 0 Å². The molecule has 1 heterocycles. The molecule has 0 bridgehead atoms. The molecule has 4 heteroatoms. The van der Waals surface area contributed by atoms with E-state index in [1.54, 1.807) is 11.3 Å². The maximum absolute atomic E-state index is 12.2. The summed E-state index contributed by atoms with van der Waals surface area (Å²) in [7, 11) is 0. The minimum absolute atomic E-state index is 0.0543. The molecule has 2 atom stereocenters. The van der Waals surface area contributed by atoms with Crippen LogP contribution in [0.1, 0.15) is 48.6 Å². The molecule has 0 aliphatic rings. The summed E-state index contributed by atoms with van der Waals surface area (Å²) in [6, 6.07) is 2.21. The molecule has 108 valence electrons. The Hall–Kier alpha value is -0.870. The summed E-state index contributed by atoms with van der Waals surface area (Å²) >= 11 is 1.77. The monoisotopic (exact) mass is 282 g/mol. The number of rotatable bonds is 6. The predicted octanol–water partition coefficient (Wildman–Crippen LogP) is 3.16. The first-order valence-corrected chi connectivity index (χ1v) is 7.74. The van der Waals surface area contributed by atoms with Crippen molar-refractivity contribution in [2.45, 2.75) is 47.1 Å². The lowest BCUT2D eigenvalue weighted by molar-refractivity contribution is -0.125. The van der Waals surface area contributed by atoms with Gasteiger partial charge in [-0.1, -0.05) is 13.8 Å². The molecule has 0 spiro atoms. The van der Waals surface area contributed by atoms with E-state index in [2.05, 4.69) is 39.1 Å². The highest BCUT2D eigenvalue weighted by atomic mass is 32.1. The topological polar surface area (TPSA) is 55.1 Å². The first-order chi connectivity index (χ1) is 8.85. The van der Waals surface area contributed by atoms with E-state index in [9.17, 15) is 4.79 Å². The molecule has 0 aliphatic carbocycles. The first-order valence-electron chi connectivity index (χ1n) is 6.92. The van der Waals surface area contributed by atoms with Crippen molar-refractivity contribution in [3.8, 4) is 0 Å². The Morgan fingerprint density at radius 1 is 1.37 bits per heavy atom. The fourth-order valence-electron chi connectivity index (χ4n) is 2.37. The number of nitrogens with two attached hydrogens (primary N) is 1. The highest BCUT2D eigenvalue weighted by Gasteiger charge is 2.21. The summed E-state index contributed by atoms with van der Waals surface area (Å²) in [6.45, 7) is 10.9. The average molecular weight is 282 g/mol. The summed E-state index contributed by atoms with van der Waals surface area (Å²) in [5.41, 5.74) is 6.93. The molecule has 3 nitrogen and oxygen atoms in total. The van der Waals surface area contributed by atoms with E-state index in [-0.39, 0.29) is 17.9 Å². The molecule has 0 radical (unpaired) electrons. The predicted molar refractivity (Wildman–Crippen MR) is 82.4 cm³/mol. The second-order valence-electron chi connectivity index (χ2n) is 5.66. The first kappa shape index (κ1) is 16.2. The molecule has 3 N–H and O–H groups in total. The summed E-state index contributed by atoms with van der Waals surface area (Å²) in [6.07, 6.45) is 0.844. The molecular weight excluding hydrogens is 256 g/mol. The highest BCUT2D eigenvalue weighted by molar-refractivity contribution is 7.12. The van der Waals surface area contributed by atoms with Crippen LogP contribution in [0, 0.1) is 25.7 Å². The maximum Gasteiger partial charge on any atom is 0.224 e. The number of nitrogens with one attached hydrogen (secondary N) is 1. The number of hydrogen-bond donors (Lipinski definition) is 2. The van der Waals surface area contributed by atoms with Crippen LogP contribution in [0.2, 0.25) is 0 Å². The Labute approximate surface area is 120 Å². The maximum atomic E-state index is 12.2. The van der Waals surface area contributed by atoms with Crippen LogP contribution in [0.4, 0.5) is 0 Å². The summed E-state index contributed by atoms with van der Waals surface area (Å²) in [5, 5.41) is 3.09. The molecule has 0 saturated heterocycles. The zero-order valence-corrected chi connectivity index (χ0v) is 13.4. The van der Waals surface area contributed by atoms with Crippen molar-refractivity contribution in [1.82, 2.24) is 5.32 Å². The lowest BCUT2D eigenvalue weighted by Gasteiger charge is -2.20. The minimum atomic E-state index is -0.0810. The summed E-state index contributed by atoms with van der Waals surface area (Å²) in [5.74, 6) is 0.481. The zero-order valence-electron chi connectivity index (χ0n) is 12.6. The number of thiophene rings is 1. The van der Waals surface area contributed by atoms with Gasteiger partial charge in [-0.05, 0) is 44.7 Å². The Balaban J connectivity index is 2.67. The van der Waals surface area contributed by atoms with E-state index in [1.807, 2.05) is 6.92 Å². The van der Waals surface area contributed by atoms with Crippen molar-refractivity contribution >= 4 is 17.2 Å². The molecule has 1 aromatic heterocycles. The van der Waals surface area contributed by atoms with E-state index in [0.29, 0.717) is 12.5 Å². The molecule has 19 heavy (non-hydrogen) atoms. The number of hydrogen-bond acceptors (Lipinski definition) is 3. The second-order valence-corrected chi connectivity index (χ2v) is 7.12. The number of aryl methyl sites for hydroxylation is 2.